The van der Waals surface area contributed by atoms with Crippen molar-refractivity contribution in [1.29, 1.82) is 0 Å². The number of piperidine rings is 1. The van der Waals surface area contributed by atoms with E-state index in [0.717, 1.165) is 6.26 Å². The number of halogens is 2. The van der Waals surface area contributed by atoms with Crippen molar-refractivity contribution in [2.45, 2.75) is 50.2 Å². The molecule has 1 amide bonds. The largest absolute Gasteiger partial charge is 0.489 e. The van der Waals surface area contributed by atoms with E-state index in [2.05, 4.69) is 0 Å². The fraction of sp³-hybridized carbons (Fsp3) is 0.588. The van der Waals surface area contributed by atoms with Crippen LogP contribution >= 0.6 is 23.2 Å². The first-order valence-corrected chi connectivity index (χ1v) is 10.9. The van der Waals surface area contributed by atoms with Crippen LogP contribution in [0.5, 0.6) is 5.75 Å². The fourth-order valence-corrected chi connectivity index (χ4v) is 4.32. The number of rotatable bonds is 3. The molecule has 0 aliphatic carbocycles. The lowest BCUT2D eigenvalue weighted by Crippen LogP contribution is -2.44. The number of amides is 1. The lowest BCUT2D eigenvalue weighted by atomic mass is 10.1. The van der Waals surface area contributed by atoms with Gasteiger partial charge in [-0.05, 0) is 32.9 Å². The molecule has 0 N–H and O–H groups in total. The Morgan fingerprint density at radius 1 is 1.19 bits per heavy atom. The van der Waals surface area contributed by atoms with Gasteiger partial charge in [0, 0.05) is 32.2 Å². The Hall–Kier alpha value is -1.18. The molecular formula is C17H23Cl2NO5S. The summed E-state index contributed by atoms with van der Waals surface area (Å²) < 4.78 is 35.3. The van der Waals surface area contributed by atoms with Crippen LogP contribution in [0.4, 0.5) is 4.79 Å². The molecule has 0 spiro atoms. The van der Waals surface area contributed by atoms with Crippen molar-refractivity contribution in [3.63, 3.8) is 0 Å². The molecule has 1 saturated heterocycles. The lowest BCUT2D eigenvalue weighted by Gasteiger charge is -2.33. The highest BCUT2D eigenvalue weighted by Gasteiger charge is 2.29. The zero-order chi connectivity index (χ0) is 19.7. The summed E-state index contributed by atoms with van der Waals surface area (Å²) in [5.41, 5.74) is -0.547. The second-order valence-corrected chi connectivity index (χ2v) is 9.98. The zero-order valence-electron chi connectivity index (χ0n) is 15.2. The van der Waals surface area contributed by atoms with Crippen molar-refractivity contribution in [2.75, 3.05) is 19.3 Å². The Morgan fingerprint density at radius 3 is 2.27 bits per heavy atom. The van der Waals surface area contributed by atoms with Gasteiger partial charge in [-0.2, -0.15) is 0 Å². The molecule has 0 unspecified atom stereocenters. The minimum Gasteiger partial charge on any atom is -0.489 e. The van der Waals surface area contributed by atoms with Crippen LogP contribution < -0.4 is 4.74 Å². The third kappa shape index (κ3) is 5.41. The molecule has 0 atom stereocenters. The number of nitrogens with zero attached hydrogens (tertiary/aromatic N) is 1. The monoisotopic (exact) mass is 423 g/mol. The summed E-state index contributed by atoms with van der Waals surface area (Å²) in [6, 6.07) is 3.01. The van der Waals surface area contributed by atoms with Crippen LogP contribution in [0, 0.1) is 0 Å². The highest BCUT2D eigenvalue weighted by molar-refractivity contribution is 7.91. The van der Waals surface area contributed by atoms with E-state index < -0.39 is 15.4 Å². The molecule has 1 aliphatic heterocycles. The molecule has 1 aromatic rings. The molecule has 2 rings (SSSR count). The lowest BCUT2D eigenvalue weighted by molar-refractivity contribution is 0.0124. The Bertz CT molecular complexity index is 781. The van der Waals surface area contributed by atoms with Gasteiger partial charge in [-0.1, -0.05) is 23.2 Å². The predicted molar refractivity (Wildman–Crippen MR) is 101 cm³/mol. The van der Waals surface area contributed by atoms with Crippen LogP contribution in [-0.4, -0.2) is 50.5 Å². The molecule has 0 bridgehead atoms. The van der Waals surface area contributed by atoms with Crippen molar-refractivity contribution in [1.82, 2.24) is 4.90 Å². The molecule has 1 aromatic carbocycles. The maximum absolute atomic E-state index is 12.1. The number of carbonyl (C=O) groups is 1. The smallest absolute Gasteiger partial charge is 0.410 e. The minimum atomic E-state index is -3.61. The molecule has 1 aliphatic rings. The Morgan fingerprint density at radius 2 is 1.77 bits per heavy atom. The van der Waals surface area contributed by atoms with Gasteiger partial charge in [-0.25, -0.2) is 13.2 Å². The second kappa shape index (κ2) is 7.82. The number of hydrogen-bond donors (Lipinski definition) is 0. The average molecular weight is 424 g/mol. The van der Waals surface area contributed by atoms with Gasteiger partial charge in [0.05, 0.1) is 10.0 Å². The van der Waals surface area contributed by atoms with Crippen LogP contribution in [0.15, 0.2) is 17.0 Å². The summed E-state index contributed by atoms with van der Waals surface area (Å²) in [6.07, 6.45) is 1.59. The molecular weight excluding hydrogens is 401 g/mol. The van der Waals surface area contributed by atoms with Crippen LogP contribution in [0.2, 0.25) is 10.0 Å². The van der Waals surface area contributed by atoms with Crippen molar-refractivity contribution >= 4 is 39.1 Å². The van der Waals surface area contributed by atoms with Crippen LogP contribution in [0.1, 0.15) is 33.6 Å². The fourth-order valence-electron chi connectivity index (χ4n) is 2.61. The van der Waals surface area contributed by atoms with Gasteiger partial charge in [0.2, 0.25) is 0 Å². The minimum absolute atomic E-state index is 0.0437. The molecule has 0 aromatic heterocycles. The van der Waals surface area contributed by atoms with E-state index in [1.54, 1.807) is 4.90 Å². The Labute approximate surface area is 164 Å². The van der Waals surface area contributed by atoms with Gasteiger partial charge in [0.15, 0.2) is 9.84 Å². The number of benzene rings is 1. The van der Waals surface area contributed by atoms with E-state index in [1.165, 1.54) is 12.1 Å². The summed E-state index contributed by atoms with van der Waals surface area (Å²) in [6.45, 7) is 6.39. The molecule has 6 nitrogen and oxygen atoms in total. The maximum Gasteiger partial charge on any atom is 0.410 e. The van der Waals surface area contributed by atoms with Gasteiger partial charge in [-0.3, -0.25) is 0 Å². The summed E-state index contributed by atoms with van der Waals surface area (Å²) in [5, 5.41) is 0.108. The van der Waals surface area contributed by atoms with Crippen LogP contribution in [0.25, 0.3) is 0 Å². The van der Waals surface area contributed by atoms with Crippen LogP contribution in [0.3, 0.4) is 0 Å². The average Bonchev–Trinajstić information content (AvgIpc) is 2.48. The van der Waals surface area contributed by atoms with Crippen LogP contribution in [-0.2, 0) is 14.6 Å². The highest BCUT2D eigenvalue weighted by Crippen LogP contribution is 2.37. The van der Waals surface area contributed by atoms with Gasteiger partial charge < -0.3 is 14.4 Å². The number of hydrogen-bond acceptors (Lipinski definition) is 5. The van der Waals surface area contributed by atoms with Gasteiger partial charge in [0.1, 0.15) is 22.4 Å². The standard InChI is InChI=1S/C17H23Cl2NO5S/c1-17(2,3)25-16(21)20-9-7-11(8-10-20)24-13-6-5-12(18)14(19)15(13)26(4,22)23/h5-6,11H,7-10H2,1-4H3. The molecule has 1 heterocycles. The Kier molecular flexibility index (Phi) is 6.36. The van der Waals surface area contributed by atoms with Gasteiger partial charge in [0.25, 0.3) is 0 Å². The number of likely N-dealkylation sites (tertiary alicyclic amines) is 1. The van der Waals surface area contributed by atoms with Crippen molar-refractivity contribution in [3.05, 3.63) is 22.2 Å². The van der Waals surface area contributed by atoms with Gasteiger partial charge in [-0.15, -0.1) is 0 Å². The first-order chi connectivity index (χ1) is 11.9. The SMILES string of the molecule is CC(C)(C)OC(=O)N1CCC(Oc2ccc(Cl)c(Cl)c2S(C)(=O)=O)CC1. The summed E-state index contributed by atoms with van der Waals surface area (Å²) in [7, 11) is -3.61. The van der Waals surface area contributed by atoms with Crippen molar-refractivity contribution in [2.24, 2.45) is 0 Å². The third-order valence-electron chi connectivity index (χ3n) is 3.77. The zero-order valence-corrected chi connectivity index (χ0v) is 17.5. The molecule has 0 radical (unpaired) electrons. The van der Waals surface area contributed by atoms with E-state index in [4.69, 9.17) is 32.7 Å². The van der Waals surface area contributed by atoms with E-state index in [0.29, 0.717) is 25.9 Å². The van der Waals surface area contributed by atoms with Crippen molar-refractivity contribution < 1.29 is 22.7 Å². The topological polar surface area (TPSA) is 72.9 Å². The molecule has 0 saturated carbocycles. The first kappa shape index (κ1) is 21.1. The number of sulfone groups is 1. The van der Waals surface area contributed by atoms with E-state index in [1.807, 2.05) is 20.8 Å². The first-order valence-electron chi connectivity index (χ1n) is 8.21. The summed E-state index contributed by atoms with van der Waals surface area (Å²) >= 11 is 12.0. The van der Waals surface area contributed by atoms with E-state index in [-0.39, 0.29) is 32.9 Å². The normalized spacial score (nSPS) is 16.5. The highest BCUT2D eigenvalue weighted by atomic mass is 35.5. The molecule has 26 heavy (non-hydrogen) atoms. The molecule has 1 fully saturated rings. The Balaban J connectivity index is 2.07. The molecule has 9 heteroatoms. The van der Waals surface area contributed by atoms with E-state index >= 15 is 0 Å². The quantitative estimate of drug-likeness (QED) is 0.728. The summed E-state index contributed by atoms with van der Waals surface area (Å²) in [5.74, 6) is 0.178. The summed E-state index contributed by atoms with van der Waals surface area (Å²) in [4.78, 5) is 13.6. The number of ether oxygens (including phenoxy) is 2. The van der Waals surface area contributed by atoms with Crippen molar-refractivity contribution in [3.8, 4) is 5.75 Å². The maximum atomic E-state index is 12.1. The van der Waals surface area contributed by atoms with E-state index in [9.17, 15) is 13.2 Å². The predicted octanol–water partition coefficient (Wildman–Crippen LogP) is 4.18. The second-order valence-electron chi connectivity index (χ2n) is 7.25. The van der Waals surface area contributed by atoms with Gasteiger partial charge >= 0.3 is 6.09 Å². The number of carbonyl (C=O) groups excluding carboxylic acids is 1. The third-order valence-corrected chi connectivity index (χ3v) is 5.84. The molecule has 146 valence electrons.